The van der Waals surface area contributed by atoms with Crippen molar-refractivity contribution in [2.45, 2.75) is 0 Å². The van der Waals surface area contributed by atoms with E-state index >= 15 is 0 Å². The van der Waals surface area contributed by atoms with E-state index in [0.29, 0.717) is 16.3 Å². The average molecular weight is 602 g/mol. The van der Waals surface area contributed by atoms with Gasteiger partial charge in [0.2, 0.25) is 0 Å². The Morgan fingerprint density at radius 2 is 1.79 bits per heavy atom. The lowest BCUT2D eigenvalue weighted by Crippen LogP contribution is -2.14. The molecule has 3 aromatic carbocycles. The van der Waals surface area contributed by atoms with Crippen LogP contribution in [0.1, 0.15) is 10.4 Å². The number of rotatable bonds is 3. The number of halogens is 4. The van der Waals surface area contributed by atoms with Crippen LogP contribution < -0.4 is 5.32 Å². The number of para-hydroxylation sites is 1. The summed E-state index contributed by atoms with van der Waals surface area (Å²) in [5, 5.41) is 4.19. The molecule has 8 heteroatoms. The number of fused-ring (bicyclic) bond motifs is 1. The third kappa shape index (κ3) is 4.04. The Morgan fingerprint density at radius 3 is 2.57 bits per heavy atom. The second-order valence-corrected chi connectivity index (χ2v) is 10.00. The summed E-state index contributed by atoms with van der Waals surface area (Å²) in [6, 6.07) is 17.0. The molecule has 0 saturated carbocycles. The maximum atomic E-state index is 12.9. The standard InChI is InChI=1S/C20H10Br3ClN2OS/c21-10-5-6-15(24)12(7-10)19(27)26-18-13(8-11(22)9-14(18)23)20-25-16-3-1-2-4-17(16)28-20/h1-9H,(H,26,27). The molecule has 1 aromatic heterocycles. The maximum Gasteiger partial charge on any atom is 0.257 e. The van der Waals surface area contributed by atoms with E-state index in [1.54, 1.807) is 29.5 Å². The number of nitrogens with zero attached hydrogens (tertiary/aromatic N) is 1. The number of hydrogen-bond donors (Lipinski definition) is 1. The van der Waals surface area contributed by atoms with E-state index in [4.69, 9.17) is 16.6 Å². The second-order valence-electron chi connectivity index (χ2n) is 5.88. The molecule has 0 aliphatic carbocycles. The van der Waals surface area contributed by atoms with E-state index in [0.717, 1.165) is 34.2 Å². The largest absolute Gasteiger partial charge is 0.320 e. The summed E-state index contributed by atoms with van der Waals surface area (Å²) >= 11 is 18.3. The van der Waals surface area contributed by atoms with Crippen LogP contribution in [-0.2, 0) is 0 Å². The van der Waals surface area contributed by atoms with Gasteiger partial charge in [-0.2, -0.15) is 0 Å². The number of hydrogen-bond acceptors (Lipinski definition) is 3. The fourth-order valence-corrected chi connectivity index (χ4v) is 5.59. The zero-order valence-corrected chi connectivity index (χ0v) is 20.3. The summed E-state index contributed by atoms with van der Waals surface area (Å²) in [6.45, 7) is 0. The monoisotopic (exact) mass is 598 g/mol. The summed E-state index contributed by atoms with van der Waals surface area (Å²) < 4.78 is 3.49. The molecule has 4 aromatic rings. The van der Waals surface area contributed by atoms with Crippen molar-refractivity contribution in [1.82, 2.24) is 4.98 Å². The van der Waals surface area contributed by atoms with E-state index in [-0.39, 0.29) is 5.91 Å². The number of aromatic nitrogens is 1. The van der Waals surface area contributed by atoms with Crippen molar-refractivity contribution in [2.75, 3.05) is 5.32 Å². The van der Waals surface area contributed by atoms with Crippen LogP contribution in [0.3, 0.4) is 0 Å². The fourth-order valence-electron chi connectivity index (χ4n) is 2.71. The highest BCUT2D eigenvalue weighted by atomic mass is 79.9. The van der Waals surface area contributed by atoms with Gasteiger partial charge in [-0.1, -0.05) is 55.6 Å². The van der Waals surface area contributed by atoms with Gasteiger partial charge in [-0.05, 0) is 58.4 Å². The Kier molecular flexibility index (Phi) is 5.90. The molecule has 1 amide bonds. The van der Waals surface area contributed by atoms with Gasteiger partial charge in [0.15, 0.2) is 0 Å². The first-order valence-electron chi connectivity index (χ1n) is 8.04. The number of carbonyl (C=O) groups excluding carboxylic acids is 1. The zero-order chi connectivity index (χ0) is 19.8. The SMILES string of the molecule is O=C(Nc1c(Br)cc(Br)cc1-c1nc2ccccc2s1)c1cc(Br)ccc1Cl. The van der Waals surface area contributed by atoms with Crippen LogP contribution in [0.25, 0.3) is 20.8 Å². The summed E-state index contributed by atoms with van der Waals surface area (Å²) in [5.74, 6) is -0.295. The van der Waals surface area contributed by atoms with Crippen LogP contribution in [0.5, 0.6) is 0 Å². The van der Waals surface area contributed by atoms with Crippen molar-refractivity contribution in [3.63, 3.8) is 0 Å². The molecule has 0 saturated heterocycles. The van der Waals surface area contributed by atoms with Crippen LogP contribution in [0, 0.1) is 0 Å². The lowest BCUT2D eigenvalue weighted by Gasteiger charge is -2.13. The Hall–Kier alpha value is -1.25. The molecule has 28 heavy (non-hydrogen) atoms. The highest BCUT2D eigenvalue weighted by Crippen LogP contribution is 2.40. The van der Waals surface area contributed by atoms with Crippen LogP contribution in [0.4, 0.5) is 5.69 Å². The van der Waals surface area contributed by atoms with Gasteiger partial charge >= 0.3 is 0 Å². The van der Waals surface area contributed by atoms with Gasteiger partial charge in [-0.3, -0.25) is 4.79 Å². The smallest absolute Gasteiger partial charge is 0.257 e. The Morgan fingerprint density at radius 1 is 1.00 bits per heavy atom. The highest BCUT2D eigenvalue weighted by molar-refractivity contribution is 9.11. The van der Waals surface area contributed by atoms with Crippen LogP contribution in [-0.4, -0.2) is 10.9 Å². The number of thiazole rings is 1. The highest BCUT2D eigenvalue weighted by Gasteiger charge is 2.19. The predicted molar refractivity (Wildman–Crippen MR) is 128 cm³/mol. The molecule has 0 atom stereocenters. The summed E-state index contributed by atoms with van der Waals surface area (Å²) in [6.07, 6.45) is 0. The maximum absolute atomic E-state index is 12.9. The number of nitrogens with one attached hydrogen (secondary N) is 1. The quantitative estimate of drug-likeness (QED) is 0.258. The van der Waals surface area contributed by atoms with E-state index in [9.17, 15) is 4.79 Å². The van der Waals surface area contributed by atoms with E-state index in [1.807, 2.05) is 36.4 Å². The van der Waals surface area contributed by atoms with Crippen LogP contribution >= 0.6 is 70.7 Å². The predicted octanol–water partition coefficient (Wildman–Crippen LogP) is 8.16. The van der Waals surface area contributed by atoms with Crippen LogP contribution in [0.2, 0.25) is 5.02 Å². The molecule has 4 rings (SSSR count). The number of benzene rings is 3. The first-order chi connectivity index (χ1) is 13.4. The minimum atomic E-state index is -0.295. The Balaban J connectivity index is 1.81. The molecule has 3 nitrogen and oxygen atoms in total. The minimum absolute atomic E-state index is 0.295. The van der Waals surface area contributed by atoms with Crippen molar-refractivity contribution < 1.29 is 4.79 Å². The van der Waals surface area contributed by atoms with E-state index < -0.39 is 0 Å². The van der Waals surface area contributed by atoms with Crippen molar-refractivity contribution in [3.05, 3.63) is 78.6 Å². The van der Waals surface area contributed by atoms with Gasteiger partial charge in [-0.15, -0.1) is 11.3 Å². The first kappa shape index (κ1) is 20.0. The molecule has 1 N–H and O–H groups in total. The summed E-state index contributed by atoms with van der Waals surface area (Å²) in [7, 11) is 0. The van der Waals surface area contributed by atoms with Crippen molar-refractivity contribution in [1.29, 1.82) is 0 Å². The van der Waals surface area contributed by atoms with Gasteiger partial charge in [0.05, 0.1) is 26.5 Å². The summed E-state index contributed by atoms with van der Waals surface area (Å²) in [5.41, 5.74) is 2.78. The van der Waals surface area contributed by atoms with Crippen molar-refractivity contribution in [3.8, 4) is 10.6 Å². The number of amides is 1. The van der Waals surface area contributed by atoms with E-state index in [1.165, 1.54) is 0 Å². The summed E-state index contributed by atoms with van der Waals surface area (Å²) in [4.78, 5) is 17.6. The topological polar surface area (TPSA) is 42.0 Å². The van der Waals surface area contributed by atoms with Crippen molar-refractivity contribution >= 4 is 92.5 Å². The molecule has 0 radical (unpaired) electrons. The minimum Gasteiger partial charge on any atom is -0.320 e. The lowest BCUT2D eigenvalue weighted by molar-refractivity contribution is 0.102. The molecule has 1 heterocycles. The van der Waals surface area contributed by atoms with Gasteiger partial charge < -0.3 is 5.32 Å². The molecular weight excluding hydrogens is 591 g/mol. The Labute approximate surface area is 195 Å². The molecule has 0 aliphatic heterocycles. The molecular formula is C20H10Br3ClN2OS. The van der Waals surface area contributed by atoms with Crippen molar-refractivity contribution in [2.24, 2.45) is 0 Å². The molecule has 0 aliphatic rings. The fraction of sp³-hybridized carbons (Fsp3) is 0. The Bertz CT molecular complexity index is 1190. The average Bonchev–Trinajstić information content (AvgIpc) is 3.09. The molecule has 0 fully saturated rings. The molecule has 140 valence electrons. The number of carbonyl (C=O) groups is 1. The molecule has 0 bridgehead atoms. The molecule has 0 unspecified atom stereocenters. The third-order valence-corrected chi connectivity index (χ3v) is 6.97. The van der Waals surface area contributed by atoms with Gasteiger partial charge in [0, 0.05) is 19.0 Å². The van der Waals surface area contributed by atoms with Gasteiger partial charge in [0.25, 0.3) is 5.91 Å². The zero-order valence-electron chi connectivity index (χ0n) is 14.0. The van der Waals surface area contributed by atoms with Crippen LogP contribution in [0.15, 0.2) is 68.0 Å². The number of anilines is 1. The van der Waals surface area contributed by atoms with Gasteiger partial charge in [0.1, 0.15) is 5.01 Å². The second kappa shape index (κ2) is 8.24. The molecule has 0 spiro atoms. The normalized spacial score (nSPS) is 11.0. The third-order valence-electron chi connectivity index (χ3n) is 3.99. The lowest BCUT2D eigenvalue weighted by atomic mass is 10.1. The van der Waals surface area contributed by atoms with Gasteiger partial charge in [-0.25, -0.2) is 4.98 Å². The van der Waals surface area contributed by atoms with E-state index in [2.05, 4.69) is 53.1 Å². The first-order valence-corrected chi connectivity index (χ1v) is 11.6.